The SMILES string of the molecule is CCN(CCN(C)Sc1ccc(C)cc1)Sc1ccc(C)cc1. The van der Waals surface area contributed by atoms with Crippen molar-refractivity contribution in [1.82, 2.24) is 8.61 Å². The smallest absolute Gasteiger partial charge is 0.0230 e. The second-order valence-electron chi connectivity index (χ2n) is 5.68. The van der Waals surface area contributed by atoms with Crippen LogP contribution in [0.25, 0.3) is 0 Å². The molecule has 2 aromatic carbocycles. The second-order valence-corrected chi connectivity index (χ2v) is 8.13. The number of rotatable bonds is 8. The Kier molecular flexibility index (Phi) is 7.50. The third kappa shape index (κ3) is 6.60. The summed E-state index contributed by atoms with van der Waals surface area (Å²) in [5.41, 5.74) is 2.62. The maximum atomic E-state index is 2.41. The lowest BCUT2D eigenvalue weighted by Crippen LogP contribution is -2.25. The van der Waals surface area contributed by atoms with Crippen molar-refractivity contribution in [3.63, 3.8) is 0 Å². The molecule has 0 atom stereocenters. The molecule has 4 heteroatoms. The number of hydrogen-bond acceptors (Lipinski definition) is 4. The first-order valence-electron chi connectivity index (χ1n) is 8.02. The van der Waals surface area contributed by atoms with E-state index in [1.165, 1.54) is 20.9 Å². The van der Waals surface area contributed by atoms with Crippen molar-refractivity contribution in [2.45, 2.75) is 30.6 Å². The predicted octanol–water partition coefficient (Wildman–Crippen LogP) is 5.27. The predicted molar refractivity (Wildman–Crippen MR) is 104 cm³/mol. The molecule has 0 aliphatic rings. The molecule has 0 aliphatic carbocycles. The van der Waals surface area contributed by atoms with Gasteiger partial charge in [0, 0.05) is 29.4 Å². The van der Waals surface area contributed by atoms with Gasteiger partial charge < -0.3 is 0 Å². The molecular weight excluding hydrogens is 320 g/mol. The summed E-state index contributed by atoms with van der Waals surface area (Å²) >= 11 is 3.66. The molecule has 0 aliphatic heterocycles. The van der Waals surface area contributed by atoms with Crippen LogP contribution < -0.4 is 0 Å². The van der Waals surface area contributed by atoms with Crippen LogP contribution in [0.5, 0.6) is 0 Å². The van der Waals surface area contributed by atoms with E-state index in [2.05, 4.69) is 85.0 Å². The molecule has 2 rings (SSSR count). The first-order valence-corrected chi connectivity index (χ1v) is 9.57. The lowest BCUT2D eigenvalue weighted by Gasteiger charge is -2.23. The molecule has 0 aromatic heterocycles. The summed E-state index contributed by atoms with van der Waals surface area (Å²) in [6, 6.07) is 17.5. The topological polar surface area (TPSA) is 6.48 Å². The summed E-state index contributed by atoms with van der Waals surface area (Å²) in [5, 5.41) is 0. The fraction of sp³-hybridized carbons (Fsp3) is 0.368. The molecule has 2 nitrogen and oxygen atoms in total. The zero-order valence-corrected chi connectivity index (χ0v) is 16.1. The molecule has 0 bridgehead atoms. The maximum Gasteiger partial charge on any atom is 0.0230 e. The van der Waals surface area contributed by atoms with Crippen LogP contribution in [0.1, 0.15) is 18.1 Å². The van der Waals surface area contributed by atoms with Crippen molar-refractivity contribution in [1.29, 1.82) is 0 Å². The largest absolute Gasteiger partial charge is 0.248 e. The van der Waals surface area contributed by atoms with E-state index in [-0.39, 0.29) is 0 Å². The number of nitrogens with zero attached hydrogens (tertiary/aromatic N) is 2. The minimum atomic E-state index is 1.03. The van der Waals surface area contributed by atoms with E-state index >= 15 is 0 Å². The van der Waals surface area contributed by atoms with Crippen molar-refractivity contribution in [2.75, 3.05) is 26.7 Å². The van der Waals surface area contributed by atoms with Gasteiger partial charge in [-0.3, -0.25) is 0 Å². The highest BCUT2D eigenvalue weighted by molar-refractivity contribution is 7.97. The maximum absolute atomic E-state index is 2.41. The molecular formula is C19H26N2S2. The van der Waals surface area contributed by atoms with Crippen LogP contribution in [0, 0.1) is 13.8 Å². The highest BCUT2D eigenvalue weighted by atomic mass is 32.2. The number of likely N-dealkylation sites (N-methyl/N-ethyl adjacent to an activating group) is 2. The minimum absolute atomic E-state index is 1.03. The average Bonchev–Trinajstić information content (AvgIpc) is 2.55. The summed E-state index contributed by atoms with van der Waals surface area (Å²) < 4.78 is 4.72. The first-order chi connectivity index (χ1) is 11.1. The quantitative estimate of drug-likeness (QED) is 0.600. The molecule has 23 heavy (non-hydrogen) atoms. The summed E-state index contributed by atoms with van der Waals surface area (Å²) in [5.74, 6) is 0. The van der Waals surface area contributed by atoms with Gasteiger partial charge in [-0.25, -0.2) is 8.61 Å². The van der Waals surface area contributed by atoms with Gasteiger partial charge in [0.15, 0.2) is 0 Å². The highest BCUT2D eigenvalue weighted by Crippen LogP contribution is 2.24. The van der Waals surface area contributed by atoms with E-state index in [4.69, 9.17) is 0 Å². The highest BCUT2D eigenvalue weighted by Gasteiger charge is 2.08. The van der Waals surface area contributed by atoms with Crippen LogP contribution in [-0.2, 0) is 0 Å². The van der Waals surface area contributed by atoms with E-state index in [9.17, 15) is 0 Å². The number of aryl methyl sites for hydroxylation is 2. The van der Waals surface area contributed by atoms with Crippen molar-refractivity contribution in [3.05, 3.63) is 59.7 Å². The van der Waals surface area contributed by atoms with Crippen molar-refractivity contribution in [3.8, 4) is 0 Å². The Morgan fingerprint density at radius 2 is 1.22 bits per heavy atom. The van der Waals surface area contributed by atoms with Crippen LogP contribution in [0.15, 0.2) is 58.3 Å². The Balaban J connectivity index is 1.79. The van der Waals surface area contributed by atoms with Gasteiger partial charge in [-0.1, -0.05) is 42.3 Å². The third-order valence-corrected chi connectivity index (χ3v) is 5.71. The molecule has 0 fully saturated rings. The van der Waals surface area contributed by atoms with Gasteiger partial charge in [0.05, 0.1) is 0 Å². The monoisotopic (exact) mass is 346 g/mol. The average molecular weight is 347 g/mol. The lowest BCUT2D eigenvalue weighted by atomic mass is 10.2. The molecule has 2 aromatic rings. The molecule has 0 radical (unpaired) electrons. The molecule has 124 valence electrons. The molecule has 0 unspecified atom stereocenters. The summed E-state index contributed by atoms with van der Waals surface area (Å²) in [6.45, 7) is 9.59. The van der Waals surface area contributed by atoms with Crippen LogP contribution >= 0.6 is 23.9 Å². The fourth-order valence-corrected chi connectivity index (χ4v) is 3.74. The molecule has 0 amide bonds. The summed E-state index contributed by atoms with van der Waals surface area (Å²) in [4.78, 5) is 2.61. The zero-order chi connectivity index (χ0) is 16.7. The van der Waals surface area contributed by atoms with Crippen LogP contribution in [-0.4, -0.2) is 35.3 Å². The standard InChI is InChI=1S/C19H26N2S2/c1-5-21(23-19-12-8-17(3)9-13-19)15-14-20(4)22-18-10-6-16(2)7-11-18/h6-13H,5,14-15H2,1-4H3. The number of hydrogen-bond donors (Lipinski definition) is 0. The Labute approximate surface area is 149 Å². The van der Waals surface area contributed by atoms with Gasteiger partial charge in [0.1, 0.15) is 0 Å². The van der Waals surface area contributed by atoms with Gasteiger partial charge in [-0.15, -0.1) is 0 Å². The van der Waals surface area contributed by atoms with Gasteiger partial charge in [0.25, 0.3) is 0 Å². The second kappa shape index (κ2) is 9.38. The lowest BCUT2D eigenvalue weighted by molar-refractivity contribution is 0.435. The van der Waals surface area contributed by atoms with Crippen LogP contribution in [0.2, 0.25) is 0 Å². The Morgan fingerprint density at radius 1 is 0.739 bits per heavy atom. The summed E-state index contributed by atoms with van der Waals surface area (Å²) in [7, 11) is 2.16. The van der Waals surface area contributed by atoms with E-state index in [1.54, 1.807) is 0 Å². The van der Waals surface area contributed by atoms with Crippen molar-refractivity contribution >= 4 is 23.9 Å². The first kappa shape index (κ1) is 18.4. The van der Waals surface area contributed by atoms with Gasteiger partial charge in [-0.05, 0) is 69.1 Å². The normalized spacial score (nSPS) is 11.4. The zero-order valence-electron chi connectivity index (χ0n) is 14.5. The van der Waals surface area contributed by atoms with E-state index in [0.29, 0.717) is 0 Å². The van der Waals surface area contributed by atoms with E-state index < -0.39 is 0 Å². The Morgan fingerprint density at radius 3 is 1.70 bits per heavy atom. The van der Waals surface area contributed by atoms with Gasteiger partial charge in [-0.2, -0.15) is 0 Å². The summed E-state index contributed by atoms with van der Waals surface area (Å²) in [6.07, 6.45) is 0. The van der Waals surface area contributed by atoms with E-state index in [0.717, 1.165) is 19.6 Å². The van der Waals surface area contributed by atoms with Gasteiger partial charge in [0.2, 0.25) is 0 Å². The Hall–Kier alpha value is -0.940. The molecule has 0 spiro atoms. The molecule has 0 saturated heterocycles. The van der Waals surface area contributed by atoms with Crippen molar-refractivity contribution in [2.24, 2.45) is 0 Å². The molecule has 0 N–H and O–H groups in total. The van der Waals surface area contributed by atoms with Crippen LogP contribution in [0.3, 0.4) is 0 Å². The Bertz CT molecular complexity index is 581. The van der Waals surface area contributed by atoms with E-state index in [1.807, 2.05) is 23.9 Å². The third-order valence-electron chi connectivity index (χ3n) is 3.55. The fourth-order valence-electron chi connectivity index (χ4n) is 2.09. The minimum Gasteiger partial charge on any atom is -0.248 e. The number of benzene rings is 2. The van der Waals surface area contributed by atoms with Crippen LogP contribution in [0.4, 0.5) is 0 Å². The van der Waals surface area contributed by atoms with Crippen molar-refractivity contribution < 1.29 is 0 Å². The molecule has 0 heterocycles. The molecule has 0 saturated carbocycles. The van der Waals surface area contributed by atoms with Gasteiger partial charge >= 0.3 is 0 Å².